The molecule has 146 valence electrons. The predicted molar refractivity (Wildman–Crippen MR) is 100 cm³/mol. The van der Waals surface area contributed by atoms with Crippen molar-refractivity contribution < 1.29 is 18.8 Å². The summed E-state index contributed by atoms with van der Waals surface area (Å²) >= 11 is 0. The zero-order chi connectivity index (χ0) is 19.8. The molecular formula is C17H31BN4O4. The van der Waals surface area contributed by atoms with Gasteiger partial charge in [-0.2, -0.15) is 5.10 Å². The summed E-state index contributed by atoms with van der Waals surface area (Å²) in [4.78, 5) is 11.7. The summed E-state index contributed by atoms with van der Waals surface area (Å²) in [6.07, 6.45) is 3.09. The van der Waals surface area contributed by atoms with Crippen LogP contribution in [0.1, 0.15) is 48.5 Å². The van der Waals surface area contributed by atoms with Gasteiger partial charge in [0.2, 0.25) is 0 Å². The van der Waals surface area contributed by atoms with Crippen LogP contribution >= 0.6 is 0 Å². The van der Waals surface area contributed by atoms with Gasteiger partial charge in [-0.1, -0.05) is 0 Å². The Morgan fingerprint density at radius 1 is 1.35 bits per heavy atom. The van der Waals surface area contributed by atoms with Crippen molar-refractivity contribution in [3.05, 3.63) is 12.4 Å². The summed E-state index contributed by atoms with van der Waals surface area (Å²) in [6.45, 7) is 14.2. The van der Waals surface area contributed by atoms with Crippen LogP contribution in [0.3, 0.4) is 0 Å². The van der Waals surface area contributed by atoms with E-state index in [1.165, 1.54) is 0 Å². The van der Waals surface area contributed by atoms with E-state index in [0.717, 1.165) is 5.46 Å². The normalized spacial score (nSPS) is 20.1. The van der Waals surface area contributed by atoms with Crippen molar-refractivity contribution in [1.82, 2.24) is 15.1 Å². The van der Waals surface area contributed by atoms with Crippen LogP contribution in [0.5, 0.6) is 0 Å². The van der Waals surface area contributed by atoms with Gasteiger partial charge >= 0.3 is 13.2 Å². The van der Waals surface area contributed by atoms with Crippen LogP contribution < -0.4 is 16.5 Å². The number of rotatable bonds is 5. The van der Waals surface area contributed by atoms with Crippen molar-refractivity contribution in [2.24, 2.45) is 5.73 Å². The SMILES string of the molecule is CC(C)(C)OC(=O)NCC(N)Cn1cc(B2OC(C)(C)C(C)(C)O2)cn1. The van der Waals surface area contributed by atoms with Gasteiger partial charge in [-0.05, 0) is 48.5 Å². The molecule has 1 saturated heterocycles. The Kier molecular flexibility index (Phi) is 5.75. The Morgan fingerprint density at radius 2 is 1.92 bits per heavy atom. The number of ether oxygens (including phenoxy) is 1. The van der Waals surface area contributed by atoms with Gasteiger partial charge in [0.25, 0.3) is 0 Å². The minimum atomic E-state index is -0.534. The molecule has 8 nitrogen and oxygen atoms in total. The van der Waals surface area contributed by atoms with E-state index in [2.05, 4.69) is 10.4 Å². The molecular weight excluding hydrogens is 335 g/mol. The Balaban J connectivity index is 1.86. The number of nitrogens with two attached hydrogens (primary N) is 1. The molecule has 1 unspecified atom stereocenters. The average molecular weight is 366 g/mol. The topological polar surface area (TPSA) is 101 Å². The van der Waals surface area contributed by atoms with E-state index >= 15 is 0 Å². The number of nitrogens with zero attached hydrogens (tertiary/aromatic N) is 2. The third-order valence-electron chi connectivity index (χ3n) is 4.51. The molecule has 26 heavy (non-hydrogen) atoms. The van der Waals surface area contributed by atoms with E-state index in [1.807, 2.05) is 54.7 Å². The predicted octanol–water partition coefficient (Wildman–Crippen LogP) is 1.03. The fourth-order valence-corrected chi connectivity index (χ4v) is 2.41. The Labute approximate surface area is 155 Å². The summed E-state index contributed by atoms with van der Waals surface area (Å²) in [5.74, 6) is 0. The molecule has 1 aromatic heterocycles. The third-order valence-corrected chi connectivity index (χ3v) is 4.51. The molecule has 2 heterocycles. The van der Waals surface area contributed by atoms with Crippen LogP contribution in [0, 0.1) is 0 Å². The molecule has 2 rings (SSSR count). The Morgan fingerprint density at radius 3 is 2.46 bits per heavy atom. The van der Waals surface area contributed by atoms with E-state index in [0.29, 0.717) is 13.1 Å². The van der Waals surface area contributed by atoms with Gasteiger partial charge in [-0.3, -0.25) is 4.68 Å². The van der Waals surface area contributed by atoms with Gasteiger partial charge in [0.1, 0.15) is 5.60 Å². The quantitative estimate of drug-likeness (QED) is 0.755. The molecule has 1 aromatic rings. The van der Waals surface area contributed by atoms with Gasteiger partial charge in [0, 0.05) is 30.4 Å². The molecule has 0 aromatic carbocycles. The fourth-order valence-electron chi connectivity index (χ4n) is 2.41. The largest absolute Gasteiger partial charge is 0.498 e. The van der Waals surface area contributed by atoms with Gasteiger partial charge in [-0.25, -0.2) is 4.79 Å². The van der Waals surface area contributed by atoms with Crippen LogP contribution in [0.2, 0.25) is 0 Å². The van der Waals surface area contributed by atoms with Crippen molar-refractivity contribution in [2.45, 2.75) is 77.9 Å². The van der Waals surface area contributed by atoms with Crippen LogP contribution in [0.15, 0.2) is 12.4 Å². The fraction of sp³-hybridized carbons (Fsp3) is 0.765. The number of aromatic nitrogens is 2. The van der Waals surface area contributed by atoms with Gasteiger partial charge in [0.05, 0.1) is 17.7 Å². The lowest BCUT2D eigenvalue weighted by Crippen LogP contribution is -2.42. The second-order valence-electron chi connectivity index (χ2n) is 8.73. The monoisotopic (exact) mass is 366 g/mol. The molecule has 3 N–H and O–H groups in total. The molecule has 0 spiro atoms. The second-order valence-corrected chi connectivity index (χ2v) is 8.73. The smallest absolute Gasteiger partial charge is 0.444 e. The second kappa shape index (κ2) is 7.21. The molecule has 0 radical (unpaired) electrons. The lowest BCUT2D eigenvalue weighted by atomic mass is 9.82. The van der Waals surface area contributed by atoms with Crippen LogP contribution in [0.25, 0.3) is 0 Å². The lowest BCUT2D eigenvalue weighted by Gasteiger charge is -2.32. The van der Waals surface area contributed by atoms with Gasteiger partial charge in [0.15, 0.2) is 0 Å². The minimum Gasteiger partial charge on any atom is -0.444 e. The van der Waals surface area contributed by atoms with Gasteiger partial charge in [-0.15, -0.1) is 0 Å². The number of amides is 1. The van der Waals surface area contributed by atoms with E-state index in [1.54, 1.807) is 10.9 Å². The number of carbonyl (C=O) groups is 1. The molecule has 1 aliphatic rings. The standard InChI is InChI=1S/C17H31BN4O4/c1-15(2,3)24-14(23)20-9-13(19)11-22-10-12(8-21-22)18-25-16(4,5)17(6,7)26-18/h8,10,13H,9,11,19H2,1-7H3,(H,20,23). The summed E-state index contributed by atoms with van der Waals surface area (Å²) in [5.41, 5.74) is 5.59. The highest BCUT2D eigenvalue weighted by Gasteiger charge is 2.52. The molecule has 1 atom stereocenters. The summed E-state index contributed by atoms with van der Waals surface area (Å²) in [6, 6.07) is -0.298. The first-order chi connectivity index (χ1) is 11.8. The molecule has 1 fully saturated rings. The Hall–Kier alpha value is -1.58. The molecule has 1 amide bonds. The van der Waals surface area contributed by atoms with Crippen molar-refractivity contribution in [1.29, 1.82) is 0 Å². The highest BCUT2D eigenvalue weighted by atomic mass is 16.7. The highest BCUT2D eigenvalue weighted by molar-refractivity contribution is 6.61. The number of hydrogen-bond donors (Lipinski definition) is 2. The maximum Gasteiger partial charge on any atom is 0.498 e. The summed E-state index contributed by atoms with van der Waals surface area (Å²) in [7, 11) is -0.454. The van der Waals surface area contributed by atoms with Crippen LogP contribution in [-0.4, -0.2) is 52.4 Å². The van der Waals surface area contributed by atoms with E-state index in [9.17, 15) is 4.79 Å². The lowest BCUT2D eigenvalue weighted by molar-refractivity contribution is 0.00578. The van der Waals surface area contributed by atoms with Crippen LogP contribution in [0.4, 0.5) is 4.79 Å². The Bertz CT molecular complexity index is 623. The molecule has 1 aliphatic heterocycles. The molecule has 0 aliphatic carbocycles. The number of nitrogens with one attached hydrogen (secondary N) is 1. The highest BCUT2D eigenvalue weighted by Crippen LogP contribution is 2.36. The van der Waals surface area contributed by atoms with Crippen molar-refractivity contribution >= 4 is 18.7 Å². The zero-order valence-electron chi connectivity index (χ0n) is 16.8. The number of carbonyl (C=O) groups excluding carboxylic acids is 1. The minimum absolute atomic E-state index is 0.292. The zero-order valence-corrected chi connectivity index (χ0v) is 16.8. The van der Waals surface area contributed by atoms with Gasteiger partial charge < -0.3 is 25.1 Å². The maximum atomic E-state index is 11.7. The molecule has 9 heteroatoms. The van der Waals surface area contributed by atoms with Crippen molar-refractivity contribution in [2.75, 3.05) is 6.54 Å². The molecule has 0 saturated carbocycles. The first kappa shape index (κ1) is 20.7. The summed E-state index contributed by atoms with van der Waals surface area (Å²) < 4.78 is 18.9. The first-order valence-corrected chi connectivity index (χ1v) is 8.89. The number of hydrogen-bond acceptors (Lipinski definition) is 6. The van der Waals surface area contributed by atoms with E-state index in [-0.39, 0.29) is 6.04 Å². The van der Waals surface area contributed by atoms with Crippen molar-refractivity contribution in [3.63, 3.8) is 0 Å². The third kappa shape index (κ3) is 5.22. The van der Waals surface area contributed by atoms with E-state index in [4.69, 9.17) is 19.8 Å². The average Bonchev–Trinajstić information content (AvgIpc) is 2.98. The summed E-state index contributed by atoms with van der Waals surface area (Å²) in [5, 5.41) is 6.98. The maximum absolute atomic E-state index is 11.7. The van der Waals surface area contributed by atoms with Crippen LogP contribution in [-0.2, 0) is 20.6 Å². The molecule has 0 bridgehead atoms. The van der Waals surface area contributed by atoms with Crippen molar-refractivity contribution in [3.8, 4) is 0 Å². The van der Waals surface area contributed by atoms with E-state index < -0.39 is 30.0 Å². The number of alkyl carbamates (subject to hydrolysis) is 1. The first-order valence-electron chi connectivity index (χ1n) is 8.89.